The zero-order valence-corrected chi connectivity index (χ0v) is 15.8. The van der Waals surface area contributed by atoms with E-state index in [-0.39, 0.29) is 5.41 Å². The predicted octanol–water partition coefficient (Wildman–Crippen LogP) is 5.15. The summed E-state index contributed by atoms with van der Waals surface area (Å²) < 4.78 is 0. The lowest BCUT2D eigenvalue weighted by Gasteiger charge is -2.43. The fraction of sp³-hybridized carbons (Fsp3) is 0.429. The van der Waals surface area contributed by atoms with E-state index in [1.54, 1.807) is 11.3 Å². The van der Waals surface area contributed by atoms with Crippen LogP contribution in [-0.2, 0) is 10.2 Å². The van der Waals surface area contributed by atoms with Crippen molar-refractivity contribution < 1.29 is 4.79 Å². The van der Waals surface area contributed by atoms with Gasteiger partial charge in [-0.2, -0.15) is 0 Å². The molecule has 4 rings (SSSR count). The minimum absolute atomic E-state index is 0.303. The van der Waals surface area contributed by atoms with Crippen LogP contribution in [0.2, 0.25) is 0 Å². The first-order chi connectivity index (χ1) is 12.1. The summed E-state index contributed by atoms with van der Waals surface area (Å²) in [5.74, 6) is 2.15. The van der Waals surface area contributed by atoms with E-state index >= 15 is 0 Å². The summed E-state index contributed by atoms with van der Waals surface area (Å²) >= 11 is 1.66. The molecule has 0 saturated heterocycles. The minimum Gasteiger partial charge on any atom is -0.342 e. The third kappa shape index (κ3) is 2.38. The lowest BCUT2D eigenvalue weighted by atomic mass is 9.63. The average Bonchev–Trinajstić information content (AvgIpc) is 3.09. The first-order valence-electron chi connectivity index (χ1n) is 9.11. The van der Waals surface area contributed by atoms with E-state index < -0.39 is 0 Å². The van der Waals surface area contributed by atoms with Crippen molar-refractivity contribution >= 4 is 22.9 Å². The van der Waals surface area contributed by atoms with Crippen LogP contribution in [0, 0.1) is 11.8 Å². The topological polar surface area (TPSA) is 42.0 Å². The Morgan fingerprint density at radius 1 is 1.28 bits per heavy atom. The molecule has 1 aromatic heterocycles. The molecule has 2 atom stereocenters. The van der Waals surface area contributed by atoms with E-state index in [9.17, 15) is 4.79 Å². The van der Waals surface area contributed by atoms with Crippen LogP contribution < -0.4 is 5.32 Å². The highest BCUT2D eigenvalue weighted by Crippen LogP contribution is 2.54. The van der Waals surface area contributed by atoms with Gasteiger partial charge in [-0.05, 0) is 30.2 Å². The standard InChI is InChI=1S/C21H24N2OS/c1-4-21(15-8-6-5-7-9-15)18-16(23-20-19(21)25-12-22-20)10-14(13(2)3)11-17(18)24/h5-9,12-14,23H,4,10-11H2,1-3H3/t14-,21+/m1/s1. The number of fused-ring (bicyclic) bond motifs is 1. The molecule has 2 aromatic rings. The van der Waals surface area contributed by atoms with Crippen molar-refractivity contribution in [3.8, 4) is 0 Å². The van der Waals surface area contributed by atoms with Crippen molar-refractivity contribution in [2.24, 2.45) is 11.8 Å². The first-order valence-corrected chi connectivity index (χ1v) is 9.99. The van der Waals surface area contributed by atoms with Crippen molar-refractivity contribution in [2.75, 3.05) is 5.32 Å². The third-order valence-corrected chi connectivity index (χ3v) is 6.87. The number of allylic oxidation sites excluding steroid dienone is 2. The van der Waals surface area contributed by atoms with Gasteiger partial charge in [-0.1, -0.05) is 51.1 Å². The second-order valence-electron chi connectivity index (χ2n) is 7.47. The molecule has 3 nitrogen and oxygen atoms in total. The number of thiazole rings is 1. The number of nitrogens with one attached hydrogen (secondary N) is 1. The number of ketones is 1. The van der Waals surface area contributed by atoms with Gasteiger partial charge in [-0.3, -0.25) is 4.79 Å². The molecule has 1 N–H and O–H groups in total. The molecule has 25 heavy (non-hydrogen) atoms. The van der Waals surface area contributed by atoms with Crippen LogP contribution >= 0.6 is 11.3 Å². The van der Waals surface area contributed by atoms with Crippen LogP contribution in [0.5, 0.6) is 0 Å². The number of benzene rings is 1. The lowest BCUT2D eigenvalue weighted by Crippen LogP contribution is -2.41. The summed E-state index contributed by atoms with van der Waals surface area (Å²) in [4.78, 5) is 19.1. The fourth-order valence-electron chi connectivity index (χ4n) is 4.46. The number of carbonyl (C=O) groups is 1. The molecule has 1 aliphatic heterocycles. The van der Waals surface area contributed by atoms with E-state index in [1.165, 1.54) is 10.4 Å². The molecular weight excluding hydrogens is 328 g/mol. The van der Waals surface area contributed by atoms with Gasteiger partial charge in [0.25, 0.3) is 0 Å². The lowest BCUT2D eigenvalue weighted by molar-refractivity contribution is -0.118. The largest absolute Gasteiger partial charge is 0.342 e. The van der Waals surface area contributed by atoms with Crippen LogP contribution in [0.25, 0.3) is 0 Å². The molecule has 0 amide bonds. The van der Waals surface area contributed by atoms with Gasteiger partial charge in [0.2, 0.25) is 0 Å². The van der Waals surface area contributed by atoms with E-state index in [0.717, 1.165) is 29.9 Å². The molecule has 4 heteroatoms. The minimum atomic E-state index is -0.364. The molecule has 0 spiro atoms. The summed E-state index contributed by atoms with van der Waals surface area (Å²) in [7, 11) is 0. The number of Topliss-reactive ketones (excluding diaryl/α,β-unsaturated/α-hetero) is 1. The normalized spacial score (nSPS) is 25.6. The zero-order valence-electron chi connectivity index (χ0n) is 15.0. The predicted molar refractivity (Wildman–Crippen MR) is 103 cm³/mol. The van der Waals surface area contributed by atoms with Gasteiger partial charge in [-0.15, -0.1) is 11.3 Å². The van der Waals surface area contributed by atoms with E-state index in [0.29, 0.717) is 24.0 Å². The maximum atomic E-state index is 13.3. The number of anilines is 1. The van der Waals surface area contributed by atoms with Gasteiger partial charge in [0, 0.05) is 17.7 Å². The summed E-state index contributed by atoms with van der Waals surface area (Å²) in [6, 6.07) is 10.5. The Hall–Kier alpha value is -1.94. The highest BCUT2D eigenvalue weighted by molar-refractivity contribution is 7.10. The molecule has 1 aliphatic carbocycles. The maximum Gasteiger partial charge on any atom is 0.162 e. The molecule has 0 saturated carbocycles. The quantitative estimate of drug-likeness (QED) is 0.830. The number of hydrogen-bond donors (Lipinski definition) is 1. The monoisotopic (exact) mass is 352 g/mol. The van der Waals surface area contributed by atoms with Crippen LogP contribution in [0.3, 0.4) is 0 Å². The Balaban J connectivity index is 1.96. The van der Waals surface area contributed by atoms with Gasteiger partial charge >= 0.3 is 0 Å². The van der Waals surface area contributed by atoms with Crippen molar-refractivity contribution in [2.45, 2.75) is 45.4 Å². The molecule has 1 aromatic carbocycles. The smallest absolute Gasteiger partial charge is 0.162 e. The Morgan fingerprint density at radius 2 is 2.04 bits per heavy atom. The van der Waals surface area contributed by atoms with Crippen LogP contribution in [0.15, 0.2) is 47.1 Å². The number of carbonyl (C=O) groups excluding carboxylic acids is 1. The number of rotatable bonds is 3. The van der Waals surface area contributed by atoms with Gasteiger partial charge in [0.15, 0.2) is 5.78 Å². The number of aromatic nitrogens is 1. The van der Waals surface area contributed by atoms with Crippen LogP contribution in [-0.4, -0.2) is 10.8 Å². The molecule has 0 radical (unpaired) electrons. The molecule has 2 aliphatic rings. The van der Waals surface area contributed by atoms with E-state index in [1.807, 2.05) is 11.6 Å². The summed E-state index contributed by atoms with van der Waals surface area (Å²) in [6.45, 7) is 6.62. The molecule has 130 valence electrons. The van der Waals surface area contributed by atoms with Crippen LogP contribution in [0.4, 0.5) is 5.82 Å². The molecule has 0 fully saturated rings. The number of hydrogen-bond acceptors (Lipinski definition) is 4. The zero-order chi connectivity index (χ0) is 17.6. The Bertz CT molecular complexity index is 837. The Labute approximate surface area is 153 Å². The Kier molecular flexibility index (Phi) is 4.03. The Morgan fingerprint density at radius 3 is 2.72 bits per heavy atom. The summed E-state index contributed by atoms with van der Waals surface area (Å²) in [5.41, 5.74) is 4.81. The maximum absolute atomic E-state index is 13.3. The van der Waals surface area contributed by atoms with E-state index in [2.05, 4.69) is 55.3 Å². The fourth-order valence-corrected chi connectivity index (χ4v) is 5.50. The van der Waals surface area contributed by atoms with Gasteiger partial charge < -0.3 is 5.32 Å². The highest BCUT2D eigenvalue weighted by atomic mass is 32.1. The third-order valence-electron chi connectivity index (χ3n) is 5.89. The highest BCUT2D eigenvalue weighted by Gasteiger charge is 2.49. The van der Waals surface area contributed by atoms with Crippen molar-refractivity contribution in [1.82, 2.24) is 4.98 Å². The summed E-state index contributed by atoms with van der Waals surface area (Å²) in [6.07, 6.45) is 2.45. The van der Waals surface area contributed by atoms with E-state index in [4.69, 9.17) is 0 Å². The van der Waals surface area contributed by atoms with Crippen molar-refractivity contribution in [3.05, 3.63) is 57.6 Å². The van der Waals surface area contributed by atoms with Crippen LogP contribution in [0.1, 0.15) is 50.5 Å². The molecule has 0 unspecified atom stereocenters. The van der Waals surface area contributed by atoms with Crippen molar-refractivity contribution in [1.29, 1.82) is 0 Å². The molecule has 0 bridgehead atoms. The first kappa shape index (κ1) is 16.5. The average molecular weight is 353 g/mol. The van der Waals surface area contributed by atoms with Crippen molar-refractivity contribution in [3.63, 3.8) is 0 Å². The second kappa shape index (κ2) is 6.10. The van der Waals surface area contributed by atoms with Gasteiger partial charge in [0.1, 0.15) is 5.82 Å². The SMILES string of the molecule is CC[C@]1(c2ccccc2)C2=C(C[C@@H](C(C)C)CC2=O)Nc2ncsc21. The molecule has 2 heterocycles. The number of nitrogens with zero attached hydrogens (tertiary/aromatic N) is 1. The van der Waals surface area contributed by atoms with Gasteiger partial charge in [0.05, 0.1) is 15.8 Å². The van der Waals surface area contributed by atoms with Gasteiger partial charge in [-0.25, -0.2) is 4.98 Å². The second-order valence-corrected chi connectivity index (χ2v) is 8.32. The summed E-state index contributed by atoms with van der Waals surface area (Å²) in [5, 5.41) is 3.51. The molecular formula is C21H24N2OS.